The van der Waals surface area contributed by atoms with Gasteiger partial charge in [-0.15, -0.1) is 0 Å². The summed E-state index contributed by atoms with van der Waals surface area (Å²) in [7, 11) is 1.40. The number of aryl methyl sites for hydroxylation is 1. The van der Waals surface area contributed by atoms with Gasteiger partial charge in [0.1, 0.15) is 12.1 Å². The van der Waals surface area contributed by atoms with Crippen molar-refractivity contribution in [2.24, 2.45) is 11.8 Å². The van der Waals surface area contributed by atoms with Gasteiger partial charge < -0.3 is 19.5 Å². The van der Waals surface area contributed by atoms with Crippen LogP contribution >= 0.6 is 0 Å². The third-order valence-electron chi connectivity index (χ3n) is 5.87. The summed E-state index contributed by atoms with van der Waals surface area (Å²) in [4.78, 5) is 42.5. The molecule has 2 aromatic rings. The number of hydrogen-bond acceptors (Lipinski definition) is 7. The molecule has 35 heavy (non-hydrogen) atoms. The number of carbonyl (C=O) groups excluding carboxylic acids is 3. The third-order valence-corrected chi connectivity index (χ3v) is 5.87. The lowest BCUT2D eigenvalue weighted by molar-refractivity contribution is -0.152. The zero-order chi connectivity index (χ0) is 26.3. The van der Waals surface area contributed by atoms with Crippen molar-refractivity contribution in [3.05, 3.63) is 53.3 Å². The van der Waals surface area contributed by atoms with Gasteiger partial charge in [-0.1, -0.05) is 58.9 Å². The average molecular weight is 485 g/mol. The van der Waals surface area contributed by atoms with Crippen molar-refractivity contribution >= 4 is 17.8 Å². The predicted octanol–water partition coefficient (Wildman–Crippen LogP) is 4.45. The highest BCUT2D eigenvalue weighted by Crippen LogP contribution is 2.30. The maximum absolute atomic E-state index is 13.2. The minimum absolute atomic E-state index is 0.0363. The van der Waals surface area contributed by atoms with E-state index in [-0.39, 0.29) is 29.0 Å². The molecule has 2 rings (SSSR count). The molecule has 8 nitrogen and oxygen atoms in total. The molecule has 0 aliphatic carbocycles. The van der Waals surface area contributed by atoms with Crippen LogP contribution in [0.25, 0.3) is 0 Å². The van der Waals surface area contributed by atoms with Crippen LogP contribution in [0, 0.1) is 18.8 Å². The molecule has 3 atom stereocenters. The Labute approximate surface area is 207 Å². The summed E-state index contributed by atoms with van der Waals surface area (Å²) >= 11 is 0. The number of aromatic nitrogens is 1. The normalized spacial score (nSPS) is 13.7. The second kappa shape index (κ2) is 12.3. The van der Waals surface area contributed by atoms with Crippen LogP contribution in [0.4, 0.5) is 0 Å². The Balaban J connectivity index is 2.23. The van der Waals surface area contributed by atoms with E-state index >= 15 is 0 Å². The monoisotopic (exact) mass is 484 g/mol. The van der Waals surface area contributed by atoms with Crippen LogP contribution in [0.1, 0.15) is 69.1 Å². The summed E-state index contributed by atoms with van der Waals surface area (Å²) < 4.78 is 16.4. The largest absolute Gasteiger partial charge is 0.493 e. The van der Waals surface area contributed by atoms with E-state index < -0.39 is 35.9 Å². The molecule has 1 aromatic heterocycles. The van der Waals surface area contributed by atoms with E-state index in [4.69, 9.17) is 14.2 Å². The van der Waals surface area contributed by atoms with Gasteiger partial charge in [0.2, 0.25) is 5.75 Å². The molecule has 0 bridgehead atoms. The highest BCUT2D eigenvalue weighted by molar-refractivity contribution is 5.99. The van der Waals surface area contributed by atoms with Crippen molar-refractivity contribution < 1.29 is 28.6 Å². The fourth-order valence-electron chi connectivity index (χ4n) is 3.49. The quantitative estimate of drug-likeness (QED) is 0.497. The van der Waals surface area contributed by atoms with Gasteiger partial charge in [0.05, 0.1) is 13.0 Å². The number of methoxy groups -OCH3 is 1. The molecule has 1 N–H and O–H groups in total. The topological polar surface area (TPSA) is 104 Å². The SMILES string of the molecule is COc1ccnc(C(=O)N[C@H](C(=O)O[C@H](C)[C@@H](C)c2ccccc2C)C(C)C)c1OC(=O)C(C)C. The van der Waals surface area contributed by atoms with E-state index in [1.165, 1.54) is 19.4 Å². The molecule has 0 unspecified atom stereocenters. The minimum Gasteiger partial charge on any atom is -0.493 e. The van der Waals surface area contributed by atoms with Gasteiger partial charge in [-0.2, -0.15) is 0 Å². The molecule has 0 aliphatic heterocycles. The number of pyridine rings is 1. The first kappa shape index (κ1) is 27.8. The van der Waals surface area contributed by atoms with Crippen LogP contribution in [0.15, 0.2) is 36.5 Å². The fourth-order valence-corrected chi connectivity index (χ4v) is 3.49. The predicted molar refractivity (Wildman–Crippen MR) is 133 cm³/mol. The lowest BCUT2D eigenvalue weighted by Gasteiger charge is -2.27. The summed E-state index contributed by atoms with van der Waals surface area (Å²) in [6.45, 7) is 12.8. The van der Waals surface area contributed by atoms with Gasteiger partial charge >= 0.3 is 11.9 Å². The van der Waals surface area contributed by atoms with E-state index in [1.807, 2.05) is 45.0 Å². The molecular weight excluding hydrogens is 448 g/mol. The second-order valence-corrected chi connectivity index (χ2v) is 9.25. The Hall–Kier alpha value is -3.42. The Morgan fingerprint density at radius 2 is 1.60 bits per heavy atom. The minimum atomic E-state index is -0.935. The summed E-state index contributed by atoms with van der Waals surface area (Å²) in [5, 5.41) is 2.70. The van der Waals surface area contributed by atoms with Crippen LogP contribution < -0.4 is 14.8 Å². The van der Waals surface area contributed by atoms with Gasteiger partial charge in [-0.05, 0) is 30.9 Å². The van der Waals surface area contributed by atoms with Gasteiger partial charge in [-0.3, -0.25) is 9.59 Å². The Morgan fingerprint density at radius 1 is 0.943 bits per heavy atom. The smallest absolute Gasteiger partial charge is 0.329 e. The Morgan fingerprint density at radius 3 is 2.17 bits per heavy atom. The summed E-state index contributed by atoms with van der Waals surface area (Å²) in [5.74, 6) is -2.40. The molecule has 0 fully saturated rings. The molecule has 1 amide bonds. The number of benzene rings is 1. The molecule has 0 saturated carbocycles. The molecule has 0 saturated heterocycles. The number of esters is 2. The molecule has 8 heteroatoms. The van der Waals surface area contributed by atoms with E-state index in [0.717, 1.165) is 11.1 Å². The van der Waals surface area contributed by atoms with Crippen molar-refractivity contribution in [3.8, 4) is 11.5 Å². The molecule has 0 radical (unpaired) electrons. The van der Waals surface area contributed by atoms with Crippen molar-refractivity contribution in [2.75, 3.05) is 7.11 Å². The van der Waals surface area contributed by atoms with Crippen molar-refractivity contribution in [3.63, 3.8) is 0 Å². The van der Waals surface area contributed by atoms with Crippen LogP contribution in [0.2, 0.25) is 0 Å². The maximum Gasteiger partial charge on any atom is 0.329 e. The molecular formula is C27H36N2O6. The Bertz CT molecular complexity index is 1050. The van der Waals surface area contributed by atoms with E-state index in [9.17, 15) is 14.4 Å². The number of nitrogens with zero attached hydrogens (tertiary/aromatic N) is 1. The molecule has 0 aliphatic rings. The molecule has 1 aromatic carbocycles. The average Bonchev–Trinajstić information content (AvgIpc) is 2.81. The number of amides is 1. The zero-order valence-electron chi connectivity index (χ0n) is 21.7. The van der Waals surface area contributed by atoms with Crippen molar-refractivity contribution in [1.29, 1.82) is 0 Å². The number of nitrogens with one attached hydrogen (secondary N) is 1. The van der Waals surface area contributed by atoms with E-state index in [0.29, 0.717) is 0 Å². The van der Waals surface area contributed by atoms with Gasteiger partial charge in [0, 0.05) is 18.2 Å². The molecule has 0 spiro atoms. The Kier molecular flexibility index (Phi) is 9.80. The summed E-state index contributed by atoms with van der Waals surface area (Å²) in [6, 6.07) is 8.50. The van der Waals surface area contributed by atoms with Crippen molar-refractivity contribution in [1.82, 2.24) is 10.3 Å². The lowest BCUT2D eigenvalue weighted by atomic mass is 9.92. The number of hydrogen-bond donors (Lipinski definition) is 1. The van der Waals surface area contributed by atoms with Gasteiger partial charge in [0.15, 0.2) is 11.4 Å². The van der Waals surface area contributed by atoms with Gasteiger partial charge in [-0.25, -0.2) is 9.78 Å². The summed E-state index contributed by atoms with van der Waals surface area (Å²) in [5.41, 5.74) is 2.05. The number of rotatable bonds is 10. The first-order valence-corrected chi connectivity index (χ1v) is 11.8. The highest BCUT2D eigenvalue weighted by atomic mass is 16.6. The van der Waals surface area contributed by atoms with E-state index in [1.54, 1.807) is 27.7 Å². The fraction of sp³-hybridized carbons (Fsp3) is 0.481. The standard InChI is InChI=1S/C27H36N2O6/c1-15(2)22(27(32)34-19(7)18(6)20-12-10-9-11-17(20)5)29-25(30)23-24(35-26(31)16(3)4)21(33-8)13-14-28-23/h9-16,18-19,22H,1-8H3,(H,29,30)/t18-,19-,22+/m1/s1. The third kappa shape index (κ3) is 7.04. The van der Waals surface area contributed by atoms with Crippen LogP contribution in [0.5, 0.6) is 11.5 Å². The number of ether oxygens (including phenoxy) is 3. The second-order valence-electron chi connectivity index (χ2n) is 9.25. The number of carbonyl (C=O) groups is 3. The van der Waals surface area contributed by atoms with Crippen LogP contribution in [0.3, 0.4) is 0 Å². The molecule has 190 valence electrons. The molecule has 1 heterocycles. The summed E-state index contributed by atoms with van der Waals surface area (Å²) in [6.07, 6.45) is 0.953. The van der Waals surface area contributed by atoms with Crippen LogP contribution in [-0.4, -0.2) is 42.1 Å². The van der Waals surface area contributed by atoms with E-state index in [2.05, 4.69) is 10.3 Å². The highest BCUT2D eigenvalue weighted by Gasteiger charge is 2.31. The van der Waals surface area contributed by atoms with Crippen molar-refractivity contribution in [2.45, 2.75) is 66.5 Å². The van der Waals surface area contributed by atoms with Gasteiger partial charge in [0.25, 0.3) is 5.91 Å². The maximum atomic E-state index is 13.2. The first-order chi connectivity index (χ1) is 16.5. The zero-order valence-corrected chi connectivity index (χ0v) is 21.7. The van der Waals surface area contributed by atoms with Crippen LogP contribution in [-0.2, 0) is 14.3 Å². The lowest BCUT2D eigenvalue weighted by Crippen LogP contribution is -2.46. The first-order valence-electron chi connectivity index (χ1n) is 11.8.